The zero-order valence-electron chi connectivity index (χ0n) is 7.23. The van der Waals surface area contributed by atoms with Crippen molar-refractivity contribution in [2.45, 2.75) is 6.92 Å². The van der Waals surface area contributed by atoms with Crippen LogP contribution in [-0.2, 0) is 0 Å². The molecule has 13 heavy (non-hydrogen) atoms. The molecule has 0 heterocycles. The van der Waals surface area contributed by atoms with Crippen LogP contribution in [0.4, 0.5) is 0 Å². The molecule has 1 aromatic rings. The molecule has 0 fully saturated rings. The van der Waals surface area contributed by atoms with Crippen molar-refractivity contribution in [2.75, 3.05) is 7.11 Å². The first-order chi connectivity index (χ1) is 6.06. The summed E-state index contributed by atoms with van der Waals surface area (Å²) in [5, 5.41) is -0.456. The maximum Gasteiger partial charge on any atom is 0.253 e. The van der Waals surface area contributed by atoms with Gasteiger partial charge in [-0.2, -0.15) is 0 Å². The van der Waals surface area contributed by atoms with Gasteiger partial charge < -0.3 is 4.74 Å². The number of halogens is 2. The van der Waals surface area contributed by atoms with E-state index in [1.165, 1.54) is 0 Å². The number of benzene rings is 1. The normalized spacial score (nSPS) is 9.85. The van der Waals surface area contributed by atoms with Crippen LogP contribution >= 0.6 is 34.2 Å². The van der Waals surface area contributed by atoms with E-state index >= 15 is 0 Å². The van der Waals surface area contributed by atoms with Gasteiger partial charge >= 0.3 is 0 Å². The first-order valence-electron chi connectivity index (χ1n) is 3.60. The van der Waals surface area contributed by atoms with Crippen LogP contribution in [0.15, 0.2) is 12.1 Å². The number of ether oxygens (including phenoxy) is 1. The Balaban J connectivity index is 3.30. The van der Waals surface area contributed by atoms with E-state index in [4.69, 9.17) is 16.3 Å². The number of carbonyl (C=O) groups excluding carboxylic acids is 1. The predicted octanol–water partition coefficient (Wildman–Crippen LogP) is 2.99. The second-order valence-electron chi connectivity index (χ2n) is 2.58. The lowest BCUT2D eigenvalue weighted by Gasteiger charge is -2.07. The molecule has 1 aromatic carbocycles. The van der Waals surface area contributed by atoms with Crippen LogP contribution in [0.25, 0.3) is 0 Å². The van der Waals surface area contributed by atoms with Crippen LogP contribution in [0.2, 0.25) is 0 Å². The highest BCUT2D eigenvalue weighted by atomic mass is 127. The monoisotopic (exact) mass is 310 g/mol. The van der Waals surface area contributed by atoms with E-state index in [2.05, 4.69) is 22.6 Å². The number of carbonyl (C=O) groups is 1. The van der Waals surface area contributed by atoms with Crippen molar-refractivity contribution in [3.8, 4) is 5.75 Å². The van der Waals surface area contributed by atoms with Crippen LogP contribution in [0, 0.1) is 10.5 Å². The predicted molar refractivity (Wildman–Crippen MR) is 60.6 cm³/mol. The molecular weight excluding hydrogens is 302 g/mol. The molecule has 2 nitrogen and oxygen atoms in total. The second kappa shape index (κ2) is 4.28. The maximum atomic E-state index is 11.0. The molecule has 0 saturated heterocycles. The zero-order chi connectivity index (χ0) is 10.0. The van der Waals surface area contributed by atoms with Crippen LogP contribution in [-0.4, -0.2) is 12.4 Å². The van der Waals surface area contributed by atoms with E-state index < -0.39 is 5.24 Å². The van der Waals surface area contributed by atoms with Crippen molar-refractivity contribution in [1.82, 2.24) is 0 Å². The summed E-state index contributed by atoms with van der Waals surface area (Å²) in [4.78, 5) is 11.0. The van der Waals surface area contributed by atoms with Crippen molar-refractivity contribution in [3.05, 3.63) is 26.8 Å². The third-order valence-electron chi connectivity index (χ3n) is 1.70. The lowest BCUT2D eigenvalue weighted by atomic mass is 10.1. The highest BCUT2D eigenvalue weighted by Gasteiger charge is 2.10. The minimum Gasteiger partial charge on any atom is -0.496 e. The molecule has 0 bridgehead atoms. The first kappa shape index (κ1) is 10.8. The average molecular weight is 311 g/mol. The van der Waals surface area contributed by atoms with Gasteiger partial charge in [0.25, 0.3) is 5.24 Å². The van der Waals surface area contributed by atoms with Crippen LogP contribution < -0.4 is 4.74 Å². The summed E-state index contributed by atoms with van der Waals surface area (Å²) in [6, 6.07) is 3.53. The summed E-state index contributed by atoms with van der Waals surface area (Å²) in [5.74, 6) is 0.685. The molecule has 0 atom stereocenters. The smallest absolute Gasteiger partial charge is 0.253 e. The quantitative estimate of drug-likeness (QED) is 0.620. The summed E-state index contributed by atoms with van der Waals surface area (Å²) < 4.78 is 5.92. The zero-order valence-corrected chi connectivity index (χ0v) is 10.1. The molecule has 0 radical (unpaired) electrons. The lowest BCUT2D eigenvalue weighted by molar-refractivity contribution is 0.108. The van der Waals surface area contributed by atoms with Crippen molar-refractivity contribution in [2.24, 2.45) is 0 Å². The molecule has 0 spiro atoms. The van der Waals surface area contributed by atoms with Crippen molar-refractivity contribution in [1.29, 1.82) is 0 Å². The molecule has 0 aliphatic rings. The SMILES string of the molecule is COc1cc(C(=O)Cl)c(I)cc1C. The van der Waals surface area contributed by atoms with Gasteiger partial charge in [-0.25, -0.2) is 0 Å². The van der Waals surface area contributed by atoms with Gasteiger partial charge in [-0.3, -0.25) is 4.79 Å². The molecule has 0 N–H and O–H groups in total. The van der Waals surface area contributed by atoms with E-state index in [0.717, 1.165) is 9.13 Å². The molecule has 70 valence electrons. The fourth-order valence-electron chi connectivity index (χ4n) is 1.02. The number of hydrogen-bond acceptors (Lipinski definition) is 2. The molecule has 0 aliphatic carbocycles. The molecule has 0 aromatic heterocycles. The standard InChI is InChI=1S/C9H8ClIO2/c1-5-3-7(11)6(9(10)12)4-8(5)13-2/h3-4H,1-2H3. The first-order valence-corrected chi connectivity index (χ1v) is 5.06. The summed E-state index contributed by atoms with van der Waals surface area (Å²) in [5.41, 5.74) is 1.48. The van der Waals surface area contributed by atoms with Crippen molar-refractivity contribution >= 4 is 39.4 Å². The Bertz CT molecular complexity index is 350. The number of rotatable bonds is 2. The van der Waals surface area contributed by atoms with Gasteiger partial charge in [-0.05, 0) is 58.8 Å². The van der Waals surface area contributed by atoms with E-state index in [1.807, 2.05) is 13.0 Å². The van der Waals surface area contributed by atoms with Gasteiger partial charge in [-0.1, -0.05) is 0 Å². The lowest BCUT2D eigenvalue weighted by Crippen LogP contribution is -1.97. The minimum absolute atomic E-state index is 0.456. The van der Waals surface area contributed by atoms with Crippen LogP contribution in [0.3, 0.4) is 0 Å². The van der Waals surface area contributed by atoms with Crippen molar-refractivity contribution in [3.63, 3.8) is 0 Å². The molecular formula is C9H8ClIO2. The van der Waals surface area contributed by atoms with Gasteiger partial charge in [0, 0.05) is 3.57 Å². The Morgan fingerprint density at radius 1 is 1.54 bits per heavy atom. The highest BCUT2D eigenvalue weighted by Crippen LogP contribution is 2.25. The third kappa shape index (κ3) is 2.34. The number of aryl methyl sites for hydroxylation is 1. The van der Waals surface area contributed by atoms with Gasteiger partial charge in [-0.15, -0.1) is 0 Å². The van der Waals surface area contributed by atoms with Gasteiger partial charge in [0.05, 0.1) is 12.7 Å². The second-order valence-corrected chi connectivity index (χ2v) is 4.08. The molecule has 1 rings (SSSR count). The summed E-state index contributed by atoms with van der Waals surface area (Å²) in [6.07, 6.45) is 0. The van der Waals surface area contributed by atoms with Crippen LogP contribution in [0.1, 0.15) is 15.9 Å². The Morgan fingerprint density at radius 2 is 2.15 bits per heavy atom. The van der Waals surface area contributed by atoms with Gasteiger partial charge in [0.1, 0.15) is 5.75 Å². The average Bonchev–Trinajstić information content (AvgIpc) is 2.03. The van der Waals surface area contributed by atoms with E-state index in [-0.39, 0.29) is 0 Å². The molecule has 0 amide bonds. The fourth-order valence-corrected chi connectivity index (χ4v) is 2.21. The minimum atomic E-state index is -0.456. The van der Waals surface area contributed by atoms with E-state index in [0.29, 0.717) is 11.3 Å². The highest BCUT2D eigenvalue weighted by molar-refractivity contribution is 14.1. The molecule has 4 heteroatoms. The molecule has 0 unspecified atom stereocenters. The Hall–Kier alpha value is -0.290. The third-order valence-corrected chi connectivity index (χ3v) is 2.79. The van der Waals surface area contributed by atoms with E-state index in [1.54, 1.807) is 13.2 Å². The Kier molecular flexibility index (Phi) is 3.55. The summed E-state index contributed by atoms with van der Waals surface area (Å²) >= 11 is 7.46. The molecule has 0 saturated carbocycles. The fraction of sp³-hybridized carbons (Fsp3) is 0.222. The van der Waals surface area contributed by atoms with Crippen LogP contribution in [0.5, 0.6) is 5.75 Å². The topological polar surface area (TPSA) is 26.3 Å². The maximum absolute atomic E-state index is 11.0. The van der Waals surface area contributed by atoms with Crippen molar-refractivity contribution < 1.29 is 9.53 Å². The van der Waals surface area contributed by atoms with E-state index in [9.17, 15) is 4.79 Å². The Morgan fingerprint density at radius 3 is 2.62 bits per heavy atom. The summed E-state index contributed by atoms with van der Waals surface area (Å²) in [6.45, 7) is 1.92. The number of methoxy groups -OCH3 is 1. The van der Waals surface area contributed by atoms with Gasteiger partial charge in [0.2, 0.25) is 0 Å². The van der Waals surface area contributed by atoms with Gasteiger partial charge in [0.15, 0.2) is 0 Å². The molecule has 0 aliphatic heterocycles. The Labute approximate surface area is 95.4 Å². The number of hydrogen-bond donors (Lipinski definition) is 0. The largest absolute Gasteiger partial charge is 0.496 e. The summed E-state index contributed by atoms with van der Waals surface area (Å²) in [7, 11) is 1.57.